The summed E-state index contributed by atoms with van der Waals surface area (Å²) in [5.74, 6) is 0.715. The molecule has 0 spiro atoms. The van der Waals surface area contributed by atoms with Gasteiger partial charge in [0.25, 0.3) is 0 Å². The first-order chi connectivity index (χ1) is 8.27. The van der Waals surface area contributed by atoms with Crippen LogP contribution >= 0.6 is 0 Å². The van der Waals surface area contributed by atoms with Gasteiger partial charge in [-0.1, -0.05) is 6.92 Å². The predicted molar refractivity (Wildman–Crippen MR) is 63.2 cm³/mol. The third kappa shape index (κ3) is 2.19. The van der Waals surface area contributed by atoms with Crippen LogP contribution in [0.25, 0.3) is 5.82 Å². The van der Waals surface area contributed by atoms with E-state index in [-0.39, 0.29) is 18.2 Å². The summed E-state index contributed by atoms with van der Waals surface area (Å²) < 4.78 is 15.7. The van der Waals surface area contributed by atoms with Crippen molar-refractivity contribution in [3.8, 4) is 5.82 Å². The summed E-state index contributed by atoms with van der Waals surface area (Å²) in [5, 5.41) is 0. The van der Waals surface area contributed by atoms with Crippen molar-refractivity contribution >= 4 is 0 Å². The highest BCUT2D eigenvalue weighted by atomic mass is 19.1. The number of halogens is 1. The molecule has 2 N–H and O–H groups in total. The van der Waals surface area contributed by atoms with Gasteiger partial charge in [-0.25, -0.2) is 14.4 Å². The average Bonchev–Trinajstić information content (AvgIpc) is 2.78. The maximum absolute atomic E-state index is 14.1. The van der Waals surface area contributed by atoms with Crippen molar-refractivity contribution in [2.24, 2.45) is 5.73 Å². The fourth-order valence-electron chi connectivity index (χ4n) is 1.73. The normalized spacial score (nSPS) is 10.8. The van der Waals surface area contributed by atoms with Gasteiger partial charge in [0.2, 0.25) is 0 Å². The van der Waals surface area contributed by atoms with Gasteiger partial charge in [-0.05, 0) is 12.5 Å². The van der Waals surface area contributed by atoms with Crippen LogP contribution in [0.2, 0.25) is 0 Å². The molecule has 0 saturated heterocycles. The number of rotatable bonds is 4. The lowest BCUT2D eigenvalue weighted by molar-refractivity contribution is 0.589. The van der Waals surface area contributed by atoms with Crippen LogP contribution in [-0.4, -0.2) is 14.5 Å². The monoisotopic (exact) mass is 234 g/mol. The lowest BCUT2D eigenvalue weighted by Crippen LogP contribution is -2.09. The molecule has 0 atom stereocenters. The van der Waals surface area contributed by atoms with Gasteiger partial charge in [-0.15, -0.1) is 0 Å². The Labute approximate surface area is 99.3 Å². The van der Waals surface area contributed by atoms with Crippen molar-refractivity contribution in [3.05, 3.63) is 41.9 Å². The molecular formula is C12H15FN4. The first-order valence-corrected chi connectivity index (χ1v) is 5.64. The molecule has 0 unspecified atom stereocenters. The van der Waals surface area contributed by atoms with Gasteiger partial charge in [-0.2, -0.15) is 0 Å². The number of aryl methyl sites for hydroxylation is 1. The van der Waals surface area contributed by atoms with E-state index in [9.17, 15) is 4.39 Å². The predicted octanol–water partition coefficient (Wildman–Crippen LogP) is 1.82. The zero-order valence-electron chi connectivity index (χ0n) is 9.73. The number of aromatic nitrogens is 3. The van der Waals surface area contributed by atoms with Crippen molar-refractivity contribution < 1.29 is 4.39 Å². The molecule has 0 bridgehead atoms. The minimum atomic E-state index is -0.370. The molecular weight excluding hydrogens is 219 g/mol. The number of imidazole rings is 1. The smallest absolute Gasteiger partial charge is 0.174 e. The summed E-state index contributed by atoms with van der Waals surface area (Å²) in [7, 11) is 0. The molecule has 4 nitrogen and oxygen atoms in total. The van der Waals surface area contributed by atoms with Crippen LogP contribution in [0.1, 0.15) is 24.7 Å². The van der Waals surface area contributed by atoms with E-state index in [4.69, 9.17) is 5.73 Å². The Morgan fingerprint density at radius 2 is 2.18 bits per heavy atom. The molecule has 0 amide bonds. The Kier molecular flexibility index (Phi) is 3.49. The quantitative estimate of drug-likeness (QED) is 0.877. The highest BCUT2D eigenvalue weighted by molar-refractivity contribution is 5.31. The summed E-state index contributed by atoms with van der Waals surface area (Å²) in [6.07, 6.45) is 6.68. The Balaban J connectivity index is 2.49. The van der Waals surface area contributed by atoms with Crippen molar-refractivity contribution in [3.63, 3.8) is 0 Å². The largest absolute Gasteiger partial charge is 0.326 e. The van der Waals surface area contributed by atoms with E-state index in [1.807, 2.05) is 0 Å². The molecule has 2 heterocycles. The van der Waals surface area contributed by atoms with Gasteiger partial charge < -0.3 is 5.73 Å². The Hall–Kier alpha value is -1.75. The molecule has 0 radical (unpaired) electrons. The number of nitrogens with two attached hydrogens (primary N) is 1. The molecule has 5 heteroatoms. The van der Waals surface area contributed by atoms with Crippen LogP contribution < -0.4 is 5.73 Å². The van der Waals surface area contributed by atoms with Crippen LogP contribution in [0.4, 0.5) is 4.39 Å². The standard InChI is InChI=1S/C12H15FN4/c1-2-3-10-15-6-7-17(10)12-11(13)9(8-14)4-5-16-12/h4-7H,2-3,8,14H2,1H3. The van der Waals surface area contributed by atoms with Crippen LogP contribution in [0.15, 0.2) is 24.7 Å². The van der Waals surface area contributed by atoms with Crippen molar-refractivity contribution in [2.45, 2.75) is 26.3 Å². The zero-order chi connectivity index (χ0) is 12.3. The minimum absolute atomic E-state index is 0.166. The van der Waals surface area contributed by atoms with E-state index >= 15 is 0 Å². The van der Waals surface area contributed by atoms with Crippen molar-refractivity contribution in [1.29, 1.82) is 0 Å². The highest BCUT2D eigenvalue weighted by Gasteiger charge is 2.12. The lowest BCUT2D eigenvalue weighted by atomic mass is 10.2. The Morgan fingerprint density at radius 1 is 1.35 bits per heavy atom. The van der Waals surface area contributed by atoms with Crippen molar-refractivity contribution in [1.82, 2.24) is 14.5 Å². The first-order valence-electron chi connectivity index (χ1n) is 5.64. The summed E-state index contributed by atoms with van der Waals surface area (Å²) in [6, 6.07) is 1.59. The second kappa shape index (κ2) is 5.05. The van der Waals surface area contributed by atoms with E-state index in [0.29, 0.717) is 5.56 Å². The molecule has 2 aromatic heterocycles. The summed E-state index contributed by atoms with van der Waals surface area (Å²) in [5.41, 5.74) is 5.94. The van der Waals surface area contributed by atoms with Crippen LogP contribution in [0, 0.1) is 5.82 Å². The van der Waals surface area contributed by atoms with E-state index in [1.54, 1.807) is 29.2 Å². The third-order valence-electron chi connectivity index (χ3n) is 2.59. The molecule has 0 aliphatic carbocycles. The van der Waals surface area contributed by atoms with E-state index in [0.717, 1.165) is 18.7 Å². The van der Waals surface area contributed by atoms with Crippen LogP contribution in [0.5, 0.6) is 0 Å². The molecule has 90 valence electrons. The Bertz CT molecular complexity index is 507. The topological polar surface area (TPSA) is 56.7 Å². The molecule has 0 aromatic carbocycles. The van der Waals surface area contributed by atoms with Gasteiger partial charge in [-0.3, -0.25) is 4.57 Å². The fraction of sp³-hybridized carbons (Fsp3) is 0.333. The SMILES string of the molecule is CCCc1nccn1-c1nccc(CN)c1F. The third-order valence-corrected chi connectivity index (χ3v) is 2.59. The zero-order valence-corrected chi connectivity index (χ0v) is 9.73. The molecule has 0 aliphatic rings. The maximum Gasteiger partial charge on any atom is 0.174 e. The van der Waals surface area contributed by atoms with Gasteiger partial charge in [0, 0.05) is 37.1 Å². The highest BCUT2D eigenvalue weighted by Crippen LogP contribution is 2.16. The van der Waals surface area contributed by atoms with E-state index in [1.165, 1.54) is 0 Å². The molecule has 0 fully saturated rings. The van der Waals surface area contributed by atoms with Crippen LogP contribution in [0.3, 0.4) is 0 Å². The van der Waals surface area contributed by atoms with Gasteiger partial charge in [0.05, 0.1) is 0 Å². The van der Waals surface area contributed by atoms with Crippen LogP contribution in [-0.2, 0) is 13.0 Å². The van der Waals surface area contributed by atoms with E-state index in [2.05, 4.69) is 16.9 Å². The van der Waals surface area contributed by atoms with Gasteiger partial charge in [0.15, 0.2) is 11.6 Å². The summed E-state index contributed by atoms with van der Waals surface area (Å²) >= 11 is 0. The lowest BCUT2D eigenvalue weighted by Gasteiger charge is -2.09. The van der Waals surface area contributed by atoms with Crippen molar-refractivity contribution in [2.75, 3.05) is 0 Å². The number of nitrogens with zero attached hydrogens (tertiary/aromatic N) is 3. The van der Waals surface area contributed by atoms with Gasteiger partial charge >= 0.3 is 0 Å². The molecule has 17 heavy (non-hydrogen) atoms. The molecule has 0 saturated carbocycles. The van der Waals surface area contributed by atoms with Gasteiger partial charge in [0.1, 0.15) is 5.82 Å². The maximum atomic E-state index is 14.1. The number of hydrogen-bond donors (Lipinski definition) is 1. The van der Waals surface area contributed by atoms with E-state index < -0.39 is 0 Å². The Morgan fingerprint density at radius 3 is 2.88 bits per heavy atom. The number of pyridine rings is 1. The second-order valence-electron chi connectivity index (χ2n) is 3.78. The second-order valence-corrected chi connectivity index (χ2v) is 3.78. The molecule has 2 rings (SSSR count). The fourth-order valence-corrected chi connectivity index (χ4v) is 1.73. The average molecular weight is 234 g/mol. The summed E-state index contributed by atoms with van der Waals surface area (Å²) in [4.78, 5) is 8.27. The minimum Gasteiger partial charge on any atom is -0.326 e. The first kappa shape index (κ1) is 11.7. The number of hydrogen-bond acceptors (Lipinski definition) is 3. The molecule has 2 aromatic rings. The molecule has 0 aliphatic heterocycles. The summed E-state index contributed by atoms with van der Waals surface area (Å²) in [6.45, 7) is 2.22.